The predicted molar refractivity (Wildman–Crippen MR) is 78.2 cm³/mol. The number of amidine groups is 1. The van der Waals surface area contributed by atoms with Crippen molar-refractivity contribution < 1.29 is 9.53 Å². The number of rotatable bonds is 3. The topological polar surface area (TPSA) is 53.9 Å². The Labute approximate surface area is 115 Å². The number of amides is 1. The van der Waals surface area contributed by atoms with E-state index in [0.717, 1.165) is 5.84 Å². The minimum Gasteiger partial charge on any atom is -0.444 e. The van der Waals surface area contributed by atoms with Gasteiger partial charge in [-0.3, -0.25) is 0 Å². The summed E-state index contributed by atoms with van der Waals surface area (Å²) in [4.78, 5) is 18.0. The molecule has 0 atom stereocenters. The number of nitrogens with one attached hydrogen (secondary N) is 1. The second-order valence-electron chi connectivity index (χ2n) is 5.13. The normalized spacial score (nSPS) is 12.0. The summed E-state index contributed by atoms with van der Waals surface area (Å²) in [5.74, 6) is 0.845. The maximum Gasteiger partial charge on any atom is 0.407 e. The number of carbonyl (C=O) groups excluding carboxylic acids is 1. The van der Waals surface area contributed by atoms with Gasteiger partial charge in [-0.05, 0) is 27.7 Å². The van der Waals surface area contributed by atoms with Crippen LogP contribution in [0.25, 0.3) is 0 Å². The summed E-state index contributed by atoms with van der Waals surface area (Å²) in [6.45, 7) is 7.78. The molecule has 0 heterocycles. The van der Waals surface area contributed by atoms with Crippen molar-refractivity contribution in [3.05, 3.63) is 0 Å². The molecule has 104 valence electrons. The Hall–Kier alpha value is -1.17. The van der Waals surface area contributed by atoms with E-state index < -0.39 is 11.7 Å². The van der Waals surface area contributed by atoms with Crippen LogP contribution >= 0.6 is 12.2 Å². The molecule has 18 heavy (non-hydrogen) atoms. The van der Waals surface area contributed by atoms with E-state index in [1.807, 2.05) is 46.7 Å². The fourth-order valence-electron chi connectivity index (χ4n) is 0.922. The number of ether oxygens (including phenoxy) is 1. The van der Waals surface area contributed by atoms with Gasteiger partial charge in [0.05, 0.1) is 0 Å². The molecule has 5 nitrogen and oxygen atoms in total. The lowest BCUT2D eigenvalue weighted by Crippen LogP contribution is -2.33. The predicted octanol–water partition coefficient (Wildman–Crippen LogP) is 2.21. The summed E-state index contributed by atoms with van der Waals surface area (Å²) < 4.78 is 5.10. The molecule has 0 bridgehead atoms. The van der Waals surface area contributed by atoms with Crippen LogP contribution in [0.4, 0.5) is 4.79 Å². The van der Waals surface area contributed by atoms with Gasteiger partial charge in [0.15, 0.2) is 0 Å². The quantitative estimate of drug-likeness (QED) is 0.486. The Bertz CT molecular complexity index is 333. The zero-order valence-corrected chi connectivity index (χ0v) is 12.8. The Morgan fingerprint density at radius 1 is 1.39 bits per heavy atom. The first-order chi connectivity index (χ1) is 8.11. The molecular weight excluding hydrogens is 250 g/mol. The Kier molecular flexibility index (Phi) is 6.83. The van der Waals surface area contributed by atoms with Crippen LogP contribution in [-0.2, 0) is 4.74 Å². The average molecular weight is 273 g/mol. The van der Waals surface area contributed by atoms with Gasteiger partial charge in [-0.25, -0.2) is 9.79 Å². The number of alkyl carbamates (subject to hydrolysis) is 1. The first-order valence-electron chi connectivity index (χ1n) is 5.84. The summed E-state index contributed by atoms with van der Waals surface area (Å²) in [6, 6.07) is 0. The third-order valence-corrected chi connectivity index (χ3v) is 2.24. The van der Waals surface area contributed by atoms with Crippen molar-refractivity contribution in [1.82, 2.24) is 10.2 Å². The number of nitrogens with zero attached hydrogens (tertiary/aromatic N) is 2. The maximum absolute atomic E-state index is 11.3. The van der Waals surface area contributed by atoms with Crippen molar-refractivity contribution in [3.63, 3.8) is 0 Å². The second kappa shape index (κ2) is 7.31. The van der Waals surface area contributed by atoms with E-state index in [1.54, 1.807) is 0 Å². The zero-order valence-electron chi connectivity index (χ0n) is 12.0. The molecule has 0 radical (unpaired) electrons. The SMILES string of the molecule is C/C(=N/C(=S)CCNC(=O)OC(C)(C)C)N(C)C. The van der Waals surface area contributed by atoms with Gasteiger partial charge in [-0.1, -0.05) is 12.2 Å². The van der Waals surface area contributed by atoms with Crippen LogP contribution in [0.1, 0.15) is 34.1 Å². The molecule has 6 heteroatoms. The van der Waals surface area contributed by atoms with Crippen LogP contribution < -0.4 is 5.32 Å². The van der Waals surface area contributed by atoms with Crippen molar-refractivity contribution in [3.8, 4) is 0 Å². The van der Waals surface area contributed by atoms with Gasteiger partial charge in [-0.15, -0.1) is 0 Å². The lowest BCUT2D eigenvalue weighted by molar-refractivity contribution is 0.0529. The van der Waals surface area contributed by atoms with Crippen molar-refractivity contribution in [2.75, 3.05) is 20.6 Å². The van der Waals surface area contributed by atoms with Crippen molar-refractivity contribution >= 4 is 29.1 Å². The smallest absolute Gasteiger partial charge is 0.407 e. The van der Waals surface area contributed by atoms with Crippen LogP contribution in [0.3, 0.4) is 0 Å². The lowest BCUT2D eigenvalue weighted by Gasteiger charge is -2.19. The van der Waals surface area contributed by atoms with Crippen molar-refractivity contribution in [2.45, 2.75) is 39.7 Å². The first kappa shape index (κ1) is 16.8. The van der Waals surface area contributed by atoms with Gasteiger partial charge in [0.2, 0.25) is 0 Å². The molecule has 0 saturated heterocycles. The molecule has 0 aliphatic heterocycles. The first-order valence-corrected chi connectivity index (χ1v) is 6.25. The van der Waals surface area contributed by atoms with E-state index in [0.29, 0.717) is 18.0 Å². The summed E-state index contributed by atoms with van der Waals surface area (Å²) in [5, 5.41) is 2.64. The Morgan fingerprint density at radius 3 is 2.39 bits per heavy atom. The highest BCUT2D eigenvalue weighted by atomic mass is 32.1. The molecule has 0 unspecified atom stereocenters. The lowest BCUT2D eigenvalue weighted by atomic mass is 10.2. The molecule has 0 rings (SSSR count). The van der Waals surface area contributed by atoms with Crippen LogP contribution in [-0.4, -0.2) is 48.1 Å². The number of hydrogen-bond acceptors (Lipinski definition) is 3. The molecule has 0 aliphatic carbocycles. The van der Waals surface area contributed by atoms with Gasteiger partial charge in [0, 0.05) is 27.1 Å². The highest BCUT2D eigenvalue weighted by Crippen LogP contribution is 2.06. The molecular formula is C12H23N3O2S. The largest absolute Gasteiger partial charge is 0.444 e. The molecule has 0 spiro atoms. The van der Waals surface area contributed by atoms with Gasteiger partial charge in [0.25, 0.3) is 0 Å². The molecule has 1 N–H and O–H groups in total. The highest BCUT2D eigenvalue weighted by molar-refractivity contribution is 7.80. The Balaban J connectivity index is 3.96. The van der Waals surface area contributed by atoms with E-state index in [-0.39, 0.29) is 0 Å². The highest BCUT2D eigenvalue weighted by Gasteiger charge is 2.15. The third-order valence-electron chi connectivity index (χ3n) is 1.94. The molecule has 0 saturated carbocycles. The second-order valence-corrected chi connectivity index (χ2v) is 5.60. The number of hydrogen-bond donors (Lipinski definition) is 1. The molecule has 0 aliphatic rings. The summed E-state index contributed by atoms with van der Waals surface area (Å²) in [6.07, 6.45) is 0.0957. The van der Waals surface area contributed by atoms with Crippen LogP contribution in [0, 0.1) is 0 Å². The monoisotopic (exact) mass is 273 g/mol. The van der Waals surface area contributed by atoms with Crippen LogP contribution in [0.5, 0.6) is 0 Å². The van der Waals surface area contributed by atoms with E-state index >= 15 is 0 Å². The summed E-state index contributed by atoms with van der Waals surface area (Å²) >= 11 is 5.10. The van der Waals surface area contributed by atoms with E-state index in [1.165, 1.54) is 0 Å². The van der Waals surface area contributed by atoms with Gasteiger partial charge in [-0.2, -0.15) is 0 Å². The standard InChI is InChI=1S/C12H23N3O2S/c1-9(15(5)6)14-10(18)7-8-13-11(16)17-12(2,3)4/h7-8H2,1-6H3,(H,13,16)/b14-9-. The van der Waals surface area contributed by atoms with Crippen molar-refractivity contribution in [2.24, 2.45) is 4.99 Å². The van der Waals surface area contributed by atoms with Crippen molar-refractivity contribution in [1.29, 1.82) is 0 Å². The minimum atomic E-state index is -0.482. The zero-order chi connectivity index (χ0) is 14.3. The third kappa shape index (κ3) is 8.92. The van der Waals surface area contributed by atoms with E-state index in [2.05, 4.69) is 10.3 Å². The van der Waals surface area contributed by atoms with Gasteiger partial charge in [0.1, 0.15) is 16.4 Å². The maximum atomic E-state index is 11.3. The number of carbonyl (C=O) groups is 1. The van der Waals surface area contributed by atoms with Gasteiger partial charge >= 0.3 is 6.09 Å². The van der Waals surface area contributed by atoms with Gasteiger partial charge < -0.3 is 15.0 Å². The van der Waals surface area contributed by atoms with E-state index in [9.17, 15) is 4.79 Å². The van der Waals surface area contributed by atoms with Crippen LogP contribution in [0.2, 0.25) is 0 Å². The van der Waals surface area contributed by atoms with E-state index in [4.69, 9.17) is 17.0 Å². The molecule has 1 amide bonds. The summed E-state index contributed by atoms with van der Waals surface area (Å²) in [5.41, 5.74) is -0.482. The molecule has 0 aromatic carbocycles. The molecule has 0 aromatic rings. The number of aliphatic imine (C=N–C) groups is 1. The minimum absolute atomic E-state index is 0.429. The average Bonchev–Trinajstić information content (AvgIpc) is 2.14. The summed E-state index contributed by atoms with van der Waals surface area (Å²) in [7, 11) is 3.81. The fourth-order valence-corrected chi connectivity index (χ4v) is 1.16. The van der Waals surface area contributed by atoms with Crippen LogP contribution in [0.15, 0.2) is 4.99 Å². The Morgan fingerprint density at radius 2 is 1.94 bits per heavy atom. The molecule has 0 aromatic heterocycles. The fraction of sp³-hybridized carbons (Fsp3) is 0.750. The number of thiocarbonyl (C=S) groups is 1. The molecule has 0 fully saturated rings.